The molecule has 1 aromatic carbocycles. The number of rotatable bonds is 7. The van der Waals surface area contributed by atoms with Crippen LogP contribution in [0.1, 0.15) is 39.3 Å². The van der Waals surface area contributed by atoms with Crippen molar-refractivity contribution in [1.82, 2.24) is 14.9 Å². The molecular weight excluding hydrogens is 327 g/mol. The van der Waals surface area contributed by atoms with Gasteiger partial charge in [-0.15, -0.1) is 0 Å². The Kier molecular flexibility index (Phi) is 6.27. The fourth-order valence-corrected chi connectivity index (χ4v) is 2.68. The maximum absolute atomic E-state index is 13.4. The van der Waals surface area contributed by atoms with E-state index in [0.29, 0.717) is 11.6 Å². The van der Waals surface area contributed by atoms with Crippen LogP contribution in [0.4, 0.5) is 13.2 Å². The lowest BCUT2D eigenvalue weighted by Gasteiger charge is -2.23. The number of aromatic nitrogens is 2. The summed E-state index contributed by atoms with van der Waals surface area (Å²) in [4.78, 5) is 4.17. The second kappa shape index (κ2) is 8.04. The lowest BCUT2D eigenvalue weighted by atomic mass is 10.0. The minimum absolute atomic E-state index is 0.0126. The molecule has 0 aliphatic carbocycles. The molecule has 2 rings (SSSR count). The second-order valence-corrected chi connectivity index (χ2v) is 7.12. The first-order valence-corrected chi connectivity index (χ1v) is 8.59. The van der Waals surface area contributed by atoms with Gasteiger partial charge in [-0.3, -0.25) is 0 Å². The number of nitrogens with one attached hydrogen (secondary N) is 1. The van der Waals surface area contributed by atoms with Gasteiger partial charge in [0.2, 0.25) is 0 Å². The number of alkyl halides is 3. The van der Waals surface area contributed by atoms with Crippen LogP contribution in [0.2, 0.25) is 0 Å². The van der Waals surface area contributed by atoms with Gasteiger partial charge in [0.05, 0.1) is 12.0 Å². The molecule has 6 heteroatoms. The van der Waals surface area contributed by atoms with E-state index < -0.39 is 12.2 Å². The molecular formula is C19H26F3N3. The Labute approximate surface area is 147 Å². The van der Waals surface area contributed by atoms with E-state index in [4.69, 9.17) is 0 Å². The summed E-state index contributed by atoms with van der Waals surface area (Å²) in [6.07, 6.45) is -0.623. The van der Waals surface area contributed by atoms with Crippen LogP contribution >= 0.6 is 0 Å². The zero-order valence-electron chi connectivity index (χ0n) is 15.1. The SMILES string of the molecule is CC(C)Cc1ccc(-c2cn([C@@H](CNC(C)C)C(F)(F)F)cn2)cc1. The van der Waals surface area contributed by atoms with Crippen LogP contribution in [0.25, 0.3) is 11.3 Å². The van der Waals surface area contributed by atoms with E-state index in [1.807, 2.05) is 38.1 Å². The van der Waals surface area contributed by atoms with Crippen LogP contribution in [0.5, 0.6) is 0 Å². The molecule has 0 fully saturated rings. The van der Waals surface area contributed by atoms with Gasteiger partial charge in [0.15, 0.2) is 0 Å². The molecule has 3 nitrogen and oxygen atoms in total. The van der Waals surface area contributed by atoms with Crippen LogP contribution in [0, 0.1) is 5.92 Å². The molecule has 0 unspecified atom stereocenters. The molecule has 1 atom stereocenters. The molecule has 1 heterocycles. The van der Waals surface area contributed by atoms with E-state index >= 15 is 0 Å². The summed E-state index contributed by atoms with van der Waals surface area (Å²) < 4.78 is 41.2. The molecule has 1 aromatic heterocycles. The number of hydrogen-bond acceptors (Lipinski definition) is 2. The molecule has 0 amide bonds. The predicted molar refractivity (Wildman–Crippen MR) is 94.4 cm³/mol. The fraction of sp³-hybridized carbons (Fsp3) is 0.526. The van der Waals surface area contributed by atoms with Crippen molar-refractivity contribution in [2.24, 2.45) is 5.92 Å². The number of benzene rings is 1. The van der Waals surface area contributed by atoms with Crippen molar-refractivity contribution in [2.45, 2.75) is 52.4 Å². The van der Waals surface area contributed by atoms with Crippen molar-refractivity contribution in [3.05, 3.63) is 42.4 Å². The molecule has 0 aliphatic heterocycles. The van der Waals surface area contributed by atoms with Gasteiger partial charge in [-0.05, 0) is 17.9 Å². The first-order valence-electron chi connectivity index (χ1n) is 8.59. The van der Waals surface area contributed by atoms with Gasteiger partial charge in [-0.25, -0.2) is 4.98 Å². The van der Waals surface area contributed by atoms with Crippen molar-refractivity contribution in [3.8, 4) is 11.3 Å². The number of nitrogens with zero attached hydrogens (tertiary/aromatic N) is 2. The molecule has 0 bridgehead atoms. The van der Waals surface area contributed by atoms with Gasteiger partial charge >= 0.3 is 6.18 Å². The highest BCUT2D eigenvalue weighted by Crippen LogP contribution is 2.31. The van der Waals surface area contributed by atoms with Crippen molar-refractivity contribution < 1.29 is 13.2 Å². The summed E-state index contributed by atoms with van der Waals surface area (Å²) in [7, 11) is 0. The van der Waals surface area contributed by atoms with Crippen molar-refractivity contribution in [3.63, 3.8) is 0 Å². The summed E-state index contributed by atoms with van der Waals surface area (Å²) in [5.74, 6) is 0.561. The number of hydrogen-bond donors (Lipinski definition) is 1. The molecule has 0 spiro atoms. The van der Waals surface area contributed by atoms with Crippen LogP contribution < -0.4 is 5.32 Å². The lowest BCUT2D eigenvalue weighted by molar-refractivity contribution is -0.166. The van der Waals surface area contributed by atoms with Gasteiger partial charge < -0.3 is 9.88 Å². The summed E-state index contributed by atoms with van der Waals surface area (Å²) in [5, 5.41) is 2.86. The third-order valence-corrected chi connectivity index (χ3v) is 3.95. The standard InChI is InChI=1S/C19H26F3N3/c1-13(2)9-15-5-7-16(8-6-15)17-11-25(12-24-17)18(19(20,21)22)10-23-14(3)4/h5-8,11-14,18,23H,9-10H2,1-4H3/t18-/m0/s1. The van der Waals surface area contributed by atoms with E-state index in [9.17, 15) is 13.2 Å². The number of halogens is 3. The van der Waals surface area contributed by atoms with Crippen LogP contribution in [-0.2, 0) is 6.42 Å². The second-order valence-electron chi connectivity index (χ2n) is 7.12. The molecule has 0 saturated carbocycles. The average molecular weight is 353 g/mol. The molecule has 0 saturated heterocycles. The van der Waals surface area contributed by atoms with Crippen molar-refractivity contribution in [1.29, 1.82) is 0 Å². The minimum atomic E-state index is -4.33. The third kappa shape index (κ3) is 5.59. The van der Waals surface area contributed by atoms with Gasteiger partial charge in [0, 0.05) is 24.3 Å². The Morgan fingerprint density at radius 2 is 1.72 bits per heavy atom. The average Bonchev–Trinajstić information content (AvgIpc) is 2.95. The summed E-state index contributed by atoms with van der Waals surface area (Å²) in [6, 6.07) is 6.21. The van der Waals surface area contributed by atoms with E-state index in [1.54, 1.807) is 0 Å². The molecule has 0 radical (unpaired) electrons. The Morgan fingerprint density at radius 1 is 1.08 bits per heavy atom. The Morgan fingerprint density at radius 3 is 2.24 bits per heavy atom. The largest absolute Gasteiger partial charge is 0.410 e. The van der Waals surface area contributed by atoms with Gasteiger partial charge in [-0.1, -0.05) is 52.0 Å². The normalized spacial score (nSPS) is 13.6. The van der Waals surface area contributed by atoms with E-state index in [0.717, 1.165) is 16.6 Å². The molecule has 138 valence electrons. The fourth-order valence-electron chi connectivity index (χ4n) is 2.68. The van der Waals surface area contributed by atoms with Gasteiger partial charge in [0.25, 0.3) is 0 Å². The Bertz CT molecular complexity index is 657. The minimum Gasteiger partial charge on any atom is -0.323 e. The highest BCUT2D eigenvalue weighted by molar-refractivity contribution is 5.58. The zero-order chi connectivity index (χ0) is 18.6. The van der Waals surface area contributed by atoms with Crippen LogP contribution in [-0.4, -0.2) is 28.3 Å². The van der Waals surface area contributed by atoms with Crippen LogP contribution in [0.3, 0.4) is 0 Å². The number of imidazole rings is 1. The monoisotopic (exact) mass is 353 g/mol. The Hall–Kier alpha value is -1.82. The van der Waals surface area contributed by atoms with Crippen molar-refractivity contribution >= 4 is 0 Å². The molecule has 0 aliphatic rings. The van der Waals surface area contributed by atoms with Gasteiger partial charge in [0.1, 0.15) is 6.04 Å². The zero-order valence-corrected chi connectivity index (χ0v) is 15.1. The molecule has 2 aromatic rings. The quantitative estimate of drug-likeness (QED) is 0.771. The first-order chi connectivity index (χ1) is 11.7. The summed E-state index contributed by atoms with van der Waals surface area (Å²) >= 11 is 0. The highest BCUT2D eigenvalue weighted by Gasteiger charge is 2.40. The smallest absolute Gasteiger partial charge is 0.323 e. The maximum atomic E-state index is 13.4. The van der Waals surface area contributed by atoms with E-state index in [2.05, 4.69) is 24.1 Å². The third-order valence-electron chi connectivity index (χ3n) is 3.95. The highest BCUT2D eigenvalue weighted by atomic mass is 19.4. The topological polar surface area (TPSA) is 29.9 Å². The van der Waals surface area contributed by atoms with Crippen molar-refractivity contribution in [2.75, 3.05) is 6.54 Å². The summed E-state index contributed by atoms with van der Waals surface area (Å²) in [5.41, 5.74) is 2.59. The first kappa shape index (κ1) is 19.5. The Balaban J connectivity index is 2.19. The van der Waals surface area contributed by atoms with E-state index in [1.165, 1.54) is 18.1 Å². The molecule has 1 N–H and O–H groups in total. The maximum Gasteiger partial charge on any atom is 0.410 e. The summed E-state index contributed by atoms with van der Waals surface area (Å²) in [6.45, 7) is 7.78. The lowest BCUT2D eigenvalue weighted by Crippen LogP contribution is -2.37. The molecule has 25 heavy (non-hydrogen) atoms. The van der Waals surface area contributed by atoms with E-state index in [-0.39, 0.29) is 12.6 Å². The van der Waals surface area contributed by atoms with Gasteiger partial charge in [-0.2, -0.15) is 13.2 Å². The predicted octanol–water partition coefficient (Wildman–Crippen LogP) is 4.85. The van der Waals surface area contributed by atoms with Crippen LogP contribution in [0.15, 0.2) is 36.8 Å².